The molecule has 3 aliphatic rings. The third kappa shape index (κ3) is 6.06. The Morgan fingerprint density at radius 2 is 1.22 bits per heavy atom. The normalized spacial score (nSPS) is 24.4. The molecule has 2 saturated heterocycles. The lowest BCUT2D eigenvalue weighted by atomic mass is 9.89. The summed E-state index contributed by atoms with van der Waals surface area (Å²) in [6.45, 7) is 3.17. The van der Waals surface area contributed by atoms with E-state index >= 15 is 0 Å². The van der Waals surface area contributed by atoms with Gasteiger partial charge < -0.3 is 29.6 Å². The Balaban J connectivity index is 1.06. The highest BCUT2D eigenvalue weighted by Gasteiger charge is 2.43. The highest BCUT2D eigenvalue weighted by Crippen LogP contribution is 2.30. The van der Waals surface area contributed by atoms with Gasteiger partial charge in [-0.15, -0.1) is 0 Å². The molecular weight excluding hydrogens is 513 g/mol. The van der Waals surface area contributed by atoms with E-state index in [1.807, 2.05) is 0 Å². The van der Waals surface area contributed by atoms with Gasteiger partial charge in [-0.2, -0.15) is 0 Å². The van der Waals surface area contributed by atoms with Crippen LogP contribution in [0.2, 0.25) is 10.0 Å². The first-order valence-electron chi connectivity index (χ1n) is 12.2. The highest BCUT2D eigenvalue weighted by molar-refractivity contribution is 6.31. The van der Waals surface area contributed by atoms with Crippen LogP contribution in [0.3, 0.4) is 0 Å². The molecule has 36 heavy (non-hydrogen) atoms. The van der Waals surface area contributed by atoms with E-state index in [1.165, 1.54) is 24.3 Å². The van der Waals surface area contributed by atoms with Crippen molar-refractivity contribution in [2.24, 2.45) is 0 Å². The summed E-state index contributed by atoms with van der Waals surface area (Å²) in [5.74, 6) is 0.0314. The number of benzene rings is 2. The third-order valence-corrected chi connectivity index (χ3v) is 7.66. The minimum Gasteiger partial charge on any atom is -0.481 e. The van der Waals surface area contributed by atoms with Crippen LogP contribution in [0, 0.1) is 11.6 Å². The summed E-state index contributed by atoms with van der Waals surface area (Å²) in [5, 5.41) is 7.39. The van der Waals surface area contributed by atoms with Gasteiger partial charge in [0.2, 0.25) is 0 Å². The van der Waals surface area contributed by atoms with Crippen molar-refractivity contribution in [1.82, 2.24) is 10.6 Å². The molecule has 2 aromatic carbocycles. The van der Waals surface area contributed by atoms with Crippen LogP contribution >= 0.6 is 23.2 Å². The second-order valence-corrected chi connectivity index (χ2v) is 10.8. The monoisotopic (exact) mass is 542 g/mol. The van der Waals surface area contributed by atoms with Gasteiger partial charge in [-0.25, -0.2) is 8.78 Å². The Hall–Kier alpha value is -1.68. The standard InChI is InChI=1S/C26H30Cl2F2N2O4/c27-21-7-5-20(10-24(21)30)36-26(15-34-16-26)12-32-18-3-1-17(2-4-18)31-11-25(13-33-14-25)35-19-6-8-23(29)22(28)9-19/h5-10,17-18,31-32H,1-4,11-16H2. The molecule has 0 amide bonds. The lowest BCUT2D eigenvalue weighted by Crippen LogP contribution is -2.62. The molecular formula is C26H30Cl2F2N2O4. The van der Waals surface area contributed by atoms with E-state index < -0.39 is 22.8 Å². The van der Waals surface area contributed by atoms with Gasteiger partial charge in [0.25, 0.3) is 0 Å². The van der Waals surface area contributed by atoms with Gasteiger partial charge in [-0.1, -0.05) is 23.2 Å². The molecule has 0 unspecified atom stereocenters. The summed E-state index contributed by atoms with van der Waals surface area (Å²) in [4.78, 5) is 0. The first kappa shape index (κ1) is 25.9. The molecule has 2 heterocycles. The van der Waals surface area contributed by atoms with Crippen molar-refractivity contribution < 1.29 is 27.7 Å². The molecule has 2 aromatic rings. The smallest absolute Gasteiger partial charge is 0.167 e. The first-order chi connectivity index (χ1) is 17.3. The maximum Gasteiger partial charge on any atom is 0.167 e. The van der Waals surface area contributed by atoms with Gasteiger partial charge in [0.05, 0.1) is 36.5 Å². The molecule has 0 bridgehead atoms. The molecule has 5 rings (SSSR count). The highest BCUT2D eigenvalue weighted by atomic mass is 35.5. The minimum atomic E-state index is -0.495. The van der Waals surface area contributed by atoms with Gasteiger partial charge in [-0.05, 0) is 49.9 Å². The van der Waals surface area contributed by atoms with Crippen molar-refractivity contribution in [2.45, 2.75) is 49.0 Å². The van der Waals surface area contributed by atoms with Crippen molar-refractivity contribution in [3.63, 3.8) is 0 Å². The quantitative estimate of drug-likeness (QED) is 0.451. The molecule has 0 atom stereocenters. The summed E-state index contributed by atoms with van der Waals surface area (Å²) in [6.07, 6.45) is 4.12. The molecule has 3 fully saturated rings. The number of nitrogens with one attached hydrogen (secondary N) is 2. The van der Waals surface area contributed by atoms with E-state index in [-0.39, 0.29) is 10.0 Å². The van der Waals surface area contributed by atoms with Gasteiger partial charge in [0.15, 0.2) is 11.2 Å². The lowest BCUT2D eigenvalue weighted by Gasteiger charge is -2.44. The molecule has 1 aliphatic carbocycles. The van der Waals surface area contributed by atoms with Crippen LogP contribution in [0.1, 0.15) is 25.7 Å². The topological polar surface area (TPSA) is 61.0 Å². The fourth-order valence-electron chi connectivity index (χ4n) is 4.80. The Morgan fingerprint density at radius 1 is 0.722 bits per heavy atom. The molecule has 2 aliphatic heterocycles. The Labute approximate surface area is 219 Å². The minimum absolute atomic E-state index is 0.0441. The first-order valence-corrected chi connectivity index (χ1v) is 13.0. The van der Waals surface area contributed by atoms with Crippen LogP contribution in [-0.2, 0) is 9.47 Å². The zero-order chi connectivity index (χ0) is 25.2. The second kappa shape index (κ2) is 11.0. The van der Waals surface area contributed by atoms with Gasteiger partial charge in [-0.3, -0.25) is 0 Å². The van der Waals surface area contributed by atoms with Crippen LogP contribution < -0.4 is 20.1 Å². The Kier molecular flexibility index (Phi) is 7.91. The molecule has 10 heteroatoms. The number of hydrogen-bond acceptors (Lipinski definition) is 6. The number of halogens is 4. The zero-order valence-electron chi connectivity index (χ0n) is 19.8. The largest absolute Gasteiger partial charge is 0.481 e. The number of rotatable bonds is 10. The number of ether oxygens (including phenoxy) is 4. The zero-order valence-corrected chi connectivity index (χ0v) is 21.3. The van der Waals surface area contributed by atoms with Gasteiger partial charge in [0, 0.05) is 37.3 Å². The van der Waals surface area contributed by atoms with E-state index in [2.05, 4.69) is 10.6 Å². The molecule has 1 saturated carbocycles. The average Bonchev–Trinajstić information content (AvgIpc) is 2.82. The average molecular weight is 543 g/mol. The molecule has 196 valence electrons. The fourth-order valence-corrected chi connectivity index (χ4v) is 5.08. The fraction of sp³-hybridized carbons (Fsp3) is 0.538. The second-order valence-electron chi connectivity index (χ2n) is 10.0. The molecule has 6 nitrogen and oxygen atoms in total. The predicted molar refractivity (Wildman–Crippen MR) is 133 cm³/mol. The Bertz CT molecular complexity index is 977. The third-order valence-electron chi connectivity index (χ3n) is 7.06. The number of hydrogen-bond donors (Lipinski definition) is 2. The van der Waals surface area contributed by atoms with Crippen molar-refractivity contribution >= 4 is 23.2 Å². The summed E-state index contributed by atoms with van der Waals surface area (Å²) < 4.78 is 50.3. The van der Waals surface area contributed by atoms with E-state index in [9.17, 15) is 8.78 Å². The van der Waals surface area contributed by atoms with Crippen LogP contribution in [0.5, 0.6) is 11.5 Å². The van der Waals surface area contributed by atoms with Crippen molar-refractivity contribution in [3.8, 4) is 11.5 Å². The summed E-state index contributed by atoms with van der Waals surface area (Å²) >= 11 is 11.7. The molecule has 0 radical (unpaired) electrons. The Morgan fingerprint density at radius 3 is 1.67 bits per heavy atom. The SMILES string of the molecule is Fc1cc(OC2(CNC3CCC(NCC4(Oc5ccc(F)c(Cl)c5)COC4)CC3)COC2)ccc1Cl. The summed E-state index contributed by atoms with van der Waals surface area (Å²) in [5.41, 5.74) is -0.960. The van der Waals surface area contributed by atoms with E-state index in [4.69, 9.17) is 42.1 Å². The summed E-state index contributed by atoms with van der Waals surface area (Å²) in [6, 6.07) is 9.66. The maximum atomic E-state index is 13.8. The van der Waals surface area contributed by atoms with E-state index in [0.717, 1.165) is 25.7 Å². The van der Waals surface area contributed by atoms with Crippen LogP contribution in [-0.4, -0.2) is 62.8 Å². The molecule has 0 aromatic heterocycles. The van der Waals surface area contributed by atoms with Crippen LogP contribution in [0.4, 0.5) is 8.78 Å². The summed E-state index contributed by atoms with van der Waals surface area (Å²) in [7, 11) is 0. The van der Waals surface area contributed by atoms with Crippen LogP contribution in [0.25, 0.3) is 0 Å². The van der Waals surface area contributed by atoms with Gasteiger partial charge >= 0.3 is 0 Å². The predicted octanol–water partition coefficient (Wildman–Crippen LogP) is 4.76. The maximum absolute atomic E-state index is 13.8. The molecule has 2 N–H and O–H groups in total. The van der Waals surface area contributed by atoms with Crippen molar-refractivity contribution in [2.75, 3.05) is 39.5 Å². The lowest BCUT2D eigenvalue weighted by molar-refractivity contribution is -0.160. The van der Waals surface area contributed by atoms with E-state index in [1.54, 1.807) is 12.1 Å². The van der Waals surface area contributed by atoms with Crippen molar-refractivity contribution in [1.29, 1.82) is 0 Å². The van der Waals surface area contributed by atoms with Crippen LogP contribution in [0.15, 0.2) is 36.4 Å². The van der Waals surface area contributed by atoms with Crippen molar-refractivity contribution in [3.05, 3.63) is 58.1 Å². The molecule has 0 spiro atoms. The van der Waals surface area contributed by atoms with E-state index in [0.29, 0.717) is 63.1 Å². The van der Waals surface area contributed by atoms with Gasteiger partial charge in [0.1, 0.15) is 23.1 Å².